The second kappa shape index (κ2) is 8.07. The number of anilines is 1. The van der Waals surface area contributed by atoms with Crippen LogP contribution in [0.1, 0.15) is 18.5 Å². The van der Waals surface area contributed by atoms with Crippen molar-refractivity contribution in [1.29, 1.82) is 0 Å². The van der Waals surface area contributed by atoms with Gasteiger partial charge in [0.15, 0.2) is 17.5 Å². The van der Waals surface area contributed by atoms with Gasteiger partial charge in [-0.15, -0.1) is 0 Å². The molecule has 1 saturated heterocycles. The van der Waals surface area contributed by atoms with Crippen molar-refractivity contribution < 1.29 is 27.6 Å². The summed E-state index contributed by atoms with van der Waals surface area (Å²) in [5.41, 5.74) is 0.230. The number of halogens is 3. The second-order valence-electron chi connectivity index (χ2n) is 6.04. The molecule has 3 rings (SSSR count). The largest absolute Gasteiger partial charge is 0.350 e. The highest BCUT2D eigenvalue weighted by Gasteiger charge is 2.39. The first-order valence-corrected chi connectivity index (χ1v) is 8.32. The summed E-state index contributed by atoms with van der Waals surface area (Å²) in [6, 6.07) is 4.41. The Morgan fingerprint density at radius 1 is 1.18 bits per heavy atom. The lowest BCUT2D eigenvalue weighted by Gasteiger charge is -2.13. The summed E-state index contributed by atoms with van der Waals surface area (Å²) in [5, 5.41) is 4.97. The highest BCUT2D eigenvalue weighted by Crippen LogP contribution is 2.25. The zero-order chi connectivity index (χ0) is 20.3. The van der Waals surface area contributed by atoms with Crippen LogP contribution in [0.15, 0.2) is 36.5 Å². The third-order valence-electron chi connectivity index (χ3n) is 4.10. The molecule has 0 spiro atoms. The van der Waals surface area contributed by atoms with Gasteiger partial charge < -0.3 is 10.6 Å². The fraction of sp³-hybridized carbons (Fsp3) is 0.222. The Hall–Kier alpha value is -3.43. The summed E-state index contributed by atoms with van der Waals surface area (Å²) < 4.78 is 39.8. The fourth-order valence-electron chi connectivity index (χ4n) is 2.70. The van der Waals surface area contributed by atoms with Crippen molar-refractivity contribution in [3.63, 3.8) is 0 Å². The molecule has 2 N–H and O–H groups in total. The van der Waals surface area contributed by atoms with Crippen LogP contribution < -0.4 is 15.5 Å². The SMILES string of the molecule is O=C(CCC1NC(=O)N(c2cc(F)c(F)c(F)c2)C1=O)NCc1ccccn1. The monoisotopic (exact) mass is 392 g/mol. The first kappa shape index (κ1) is 19.3. The highest BCUT2D eigenvalue weighted by molar-refractivity contribution is 6.21. The lowest BCUT2D eigenvalue weighted by Crippen LogP contribution is -2.32. The summed E-state index contributed by atoms with van der Waals surface area (Å²) in [6.45, 7) is 0.213. The first-order chi connectivity index (χ1) is 13.4. The standard InChI is InChI=1S/C18H15F3N4O3/c19-12-7-11(8-13(20)16(12)21)25-17(27)14(24-18(25)28)4-5-15(26)23-9-10-3-1-2-6-22-10/h1-3,6-8,14H,4-5,9H2,(H,23,26)(H,24,28). The third-order valence-corrected chi connectivity index (χ3v) is 4.10. The van der Waals surface area contributed by atoms with E-state index in [4.69, 9.17) is 0 Å². The van der Waals surface area contributed by atoms with Gasteiger partial charge >= 0.3 is 6.03 Å². The molecule has 2 aromatic rings. The van der Waals surface area contributed by atoms with Crippen LogP contribution in [0.5, 0.6) is 0 Å². The number of carbonyl (C=O) groups excluding carboxylic acids is 3. The molecular formula is C18H15F3N4O3. The predicted octanol–water partition coefficient (Wildman–Crippen LogP) is 2.02. The maximum atomic E-state index is 13.4. The number of amides is 4. The molecule has 7 nitrogen and oxygen atoms in total. The van der Waals surface area contributed by atoms with Crippen LogP contribution in [0.25, 0.3) is 0 Å². The molecule has 146 valence electrons. The average Bonchev–Trinajstić information content (AvgIpc) is 2.96. The Morgan fingerprint density at radius 2 is 1.89 bits per heavy atom. The predicted molar refractivity (Wildman–Crippen MR) is 91.4 cm³/mol. The lowest BCUT2D eigenvalue weighted by molar-refractivity contribution is -0.122. The number of hydrogen-bond donors (Lipinski definition) is 2. The van der Waals surface area contributed by atoms with E-state index >= 15 is 0 Å². The number of carbonyl (C=O) groups is 3. The summed E-state index contributed by atoms with van der Waals surface area (Å²) >= 11 is 0. The lowest BCUT2D eigenvalue weighted by atomic mass is 10.1. The number of urea groups is 1. The van der Waals surface area contributed by atoms with Gasteiger partial charge in [0, 0.05) is 24.8 Å². The third kappa shape index (κ3) is 4.11. The van der Waals surface area contributed by atoms with Crippen molar-refractivity contribution in [1.82, 2.24) is 15.6 Å². The van der Waals surface area contributed by atoms with E-state index in [9.17, 15) is 27.6 Å². The molecule has 28 heavy (non-hydrogen) atoms. The van der Waals surface area contributed by atoms with E-state index in [0.717, 1.165) is 0 Å². The van der Waals surface area contributed by atoms with Crippen molar-refractivity contribution in [3.05, 3.63) is 59.7 Å². The van der Waals surface area contributed by atoms with Gasteiger partial charge in [0.05, 0.1) is 17.9 Å². The molecule has 10 heteroatoms. The minimum absolute atomic E-state index is 0.0126. The van der Waals surface area contributed by atoms with E-state index in [1.165, 1.54) is 0 Å². The minimum atomic E-state index is -1.70. The number of rotatable bonds is 6. The topological polar surface area (TPSA) is 91.4 Å². The molecule has 1 aromatic carbocycles. The molecule has 0 radical (unpaired) electrons. The Balaban J connectivity index is 1.58. The number of nitrogens with one attached hydrogen (secondary N) is 2. The Bertz CT molecular complexity index is 901. The van der Waals surface area contributed by atoms with Crippen LogP contribution >= 0.6 is 0 Å². The Labute approximate surface area is 157 Å². The maximum absolute atomic E-state index is 13.4. The van der Waals surface area contributed by atoms with E-state index in [1.54, 1.807) is 24.4 Å². The summed E-state index contributed by atoms with van der Waals surface area (Å²) in [6.07, 6.45) is 1.51. The van der Waals surface area contributed by atoms with E-state index in [1.807, 2.05) is 0 Å². The van der Waals surface area contributed by atoms with Crippen molar-refractivity contribution in [2.24, 2.45) is 0 Å². The van der Waals surface area contributed by atoms with Gasteiger partial charge in [0.1, 0.15) is 6.04 Å². The molecular weight excluding hydrogens is 377 g/mol. The van der Waals surface area contributed by atoms with Gasteiger partial charge in [0.25, 0.3) is 5.91 Å². The van der Waals surface area contributed by atoms with Crippen molar-refractivity contribution >= 4 is 23.5 Å². The number of hydrogen-bond acceptors (Lipinski definition) is 4. The van der Waals surface area contributed by atoms with Crippen molar-refractivity contribution in [3.8, 4) is 0 Å². The van der Waals surface area contributed by atoms with Gasteiger partial charge in [-0.1, -0.05) is 6.07 Å². The van der Waals surface area contributed by atoms with Crippen LogP contribution in [0.3, 0.4) is 0 Å². The molecule has 1 fully saturated rings. The Kier molecular flexibility index (Phi) is 5.57. The molecule has 1 aromatic heterocycles. The first-order valence-electron chi connectivity index (χ1n) is 8.32. The molecule has 1 aliphatic heterocycles. The van der Waals surface area contributed by atoms with Gasteiger partial charge in [-0.2, -0.15) is 0 Å². The second-order valence-corrected chi connectivity index (χ2v) is 6.04. The zero-order valence-corrected chi connectivity index (χ0v) is 14.4. The van der Waals surface area contributed by atoms with Crippen LogP contribution in [0.4, 0.5) is 23.7 Å². The zero-order valence-electron chi connectivity index (χ0n) is 14.4. The molecule has 0 saturated carbocycles. The van der Waals surface area contributed by atoms with Crippen LogP contribution in [0.2, 0.25) is 0 Å². The molecule has 4 amide bonds. The number of aromatic nitrogens is 1. The molecule has 0 aliphatic carbocycles. The van der Waals surface area contributed by atoms with E-state index in [0.29, 0.717) is 22.7 Å². The fourth-order valence-corrected chi connectivity index (χ4v) is 2.70. The van der Waals surface area contributed by atoms with Gasteiger partial charge in [-0.25, -0.2) is 22.9 Å². The molecule has 1 atom stereocenters. The smallest absolute Gasteiger partial charge is 0.329 e. The Morgan fingerprint density at radius 3 is 2.54 bits per heavy atom. The number of benzene rings is 1. The number of imide groups is 1. The summed E-state index contributed by atoms with van der Waals surface area (Å²) in [7, 11) is 0. The summed E-state index contributed by atoms with van der Waals surface area (Å²) in [4.78, 5) is 40.9. The quantitative estimate of drug-likeness (QED) is 0.581. The molecule has 2 heterocycles. The number of pyridine rings is 1. The van der Waals surface area contributed by atoms with Crippen molar-refractivity contribution in [2.75, 3.05) is 4.90 Å². The van der Waals surface area contributed by atoms with Crippen LogP contribution in [0, 0.1) is 17.5 Å². The highest BCUT2D eigenvalue weighted by atomic mass is 19.2. The van der Waals surface area contributed by atoms with Crippen LogP contribution in [-0.4, -0.2) is 28.9 Å². The molecule has 1 aliphatic rings. The van der Waals surface area contributed by atoms with Gasteiger partial charge in [-0.3, -0.25) is 14.6 Å². The number of nitrogens with zero attached hydrogens (tertiary/aromatic N) is 2. The average molecular weight is 392 g/mol. The van der Waals surface area contributed by atoms with E-state index < -0.39 is 41.1 Å². The summed E-state index contributed by atoms with van der Waals surface area (Å²) in [5.74, 6) is -5.88. The molecule has 1 unspecified atom stereocenters. The maximum Gasteiger partial charge on any atom is 0.329 e. The van der Waals surface area contributed by atoms with E-state index in [-0.39, 0.29) is 25.3 Å². The molecule has 0 bridgehead atoms. The normalized spacial score (nSPS) is 16.2. The van der Waals surface area contributed by atoms with Gasteiger partial charge in [-0.05, 0) is 18.6 Å². The van der Waals surface area contributed by atoms with Crippen molar-refractivity contribution in [2.45, 2.75) is 25.4 Å². The van der Waals surface area contributed by atoms with E-state index in [2.05, 4.69) is 15.6 Å². The van der Waals surface area contributed by atoms with Crippen LogP contribution in [-0.2, 0) is 16.1 Å². The minimum Gasteiger partial charge on any atom is -0.350 e. The van der Waals surface area contributed by atoms with Gasteiger partial charge in [0.2, 0.25) is 5.91 Å².